The molecule has 1 aromatic carbocycles. The molecule has 2 aliphatic rings. The Bertz CT molecular complexity index is 1050. The van der Waals surface area contributed by atoms with Crippen LogP contribution in [-0.4, -0.2) is 40.3 Å². The molecule has 0 fully saturated rings. The number of non-ortho nitro benzene ring substituents is 1. The van der Waals surface area contributed by atoms with Gasteiger partial charge < -0.3 is 19.0 Å². The van der Waals surface area contributed by atoms with E-state index in [1.165, 1.54) is 30.3 Å². The number of aliphatic hydroxyl groups is 1. The van der Waals surface area contributed by atoms with Crippen molar-refractivity contribution in [3.8, 4) is 0 Å². The number of rotatable bonds is 5. The molecule has 0 saturated carbocycles. The number of hydrogen-bond donors (Lipinski definition) is 1. The average Bonchev–Trinajstić information content (AvgIpc) is 3.37. The van der Waals surface area contributed by atoms with E-state index in [0.717, 1.165) is 23.1 Å². The molecule has 4 rings (SSSR count). The molecule has 0 amide bonds. The van der Waals surface area contributed by atoms with Gasteiger partial charge >= 0.3 is 11.9 Å². The fraction of sp³-hybridized carbons (Fsp3) is 0.391. The van der Waals surface area contributed by atoms with Crippen LogP contribution in [0.25, 0.3) is 0 Å². The van der Waals surface area contributed by atoms with Crippen molar-refractivity contribution in [2.75, 3.05) is 0 Å². The number of carbonyl (C=O) groups is 2. The van der Waals surface area contributed by atoms with Gasteiger partial charge in [0.1, 0.15) is 12.2 Å². The first-order chi connectivity index (χ1) is 15.4. The molecular formula is C23H23NO8. The first kappa shape index (κ1) is 21.8. The van der Waals surface area contributed by atoms with Crippen LogP contribution in [0.1, 0.15) is 53.6 Å². The lowest BCUT2D eigenvalue weighted by atomic mass is 9.85. The number of esters is 2. The second kappa shape index (κ2) is 8.96. The van der Waals surface area contributed by atoms with Gasteiger partial charge in [-0.1, -0.05) is 13.3 Å². The van der Waals surface area contributed by atoms with Crippen molar-refractivity contribution in [1.29, 1.82) is 0 Å². The molecule has 2 aromatic rings. The first-order valence-corrected chi connectivity index (χ1v) is 10.5. The Labute approximate surface area is 183 Å². The summed E-state index contributed by atoms with van der Waals surface area (Å²) in [5.41, 5.74) is 2.39. The molecule has 32 heavy (non-hydrogen) atoms. The van der Waals surface area contributed by atoms with Crippen molar-refractivity contribution in [2.45, 2.75) is 56.8 Å². The van der Waals surface area contributed by atoms with Gasteiger partial charge in [0.25, 0.3) is 5.69 Å². The summed E-state index contributed by atoms with van der Waals surface area (Å²) in [6.45, 7) is 2.00. The predicted molar refractivity (Wildman–Crippen MR) is 111 cm³/mol. The van der Waals surface area contributed by atoms with Gasteiger partial charge in [0.15, 0.2) is 0 Å². The highest BCUT2D eigenvalue weighted by Crippen LogP contribution is 2.38. The zero-order valence-corrected chi connectivity index (χ0v) is 17.4. The Kier molecular flexibility index (Phi) is 6.09. The minimum absolute atomic E-state index is 0.110. The predicted octanol–water partition coefficient (Wildman–Crippen LogP) is 3.46. The van der Waals surface area contributed by atoms with Gasteiger partial charge in [-0.25, -0.2) is 9.59 Å². The lowest BCUT2D eigenvalue weighted by Gasteiger charge is -2.30. The summed E-state index contributed by atoms with van der Waals surface area (Å²) in [5.74, 6) is -1.53. The summed E-state index contributed by atoms with van der Waals surface area (Å²) in [6.07, 6.45) is 3.96. The summed E-state index contributed by atoms with van der Waals surface area (Å²) in [5, 5.41) is 22.1. The van der Waals surface area contributed by atoms with E-state index < -0.39 is 35.2 Å². The van der Waals surface area contributed by atoms with Crippen molar-refractivity contribution < 1.29 is 33.5 Å². The molecule has 1 aromatic heterocycles. The number of benzene rings is 1. The molecule has 0 saturated heterocycles. The van der Waals surface area contributed by atoms with Gasteiger partial charge in [-0.05, 0) is 35.3 Å². The van der Waals surface area contributed by atoms with Crippen molar-refractivity contribution >= 4 is 17.6 Å². The highest BCUT2D eigenvalue weighted by molar-refractivity contribution is 5.90. The van der Waals surface area contributed by atoms with Crippen LogP contribution in [0.3, 0.4) is 0 Å². The van der Waals surface area contributed by atoms with Crippen molar-refractivity contribution in [3.63, 3.8) is 0 Å². The van der Waals surface area contributed by atoms with E-state index in [1.54, 1.807) is 12.5 Å². The average molecular weight is 441 g/mol. The van der Waals surface area contributed by atoms with Crippen molar-refractivity contribution in [2.24, 2.45) is 0 Å². The third kappa shape index (κ3) is 4.29. The number of hydrogen-bond acceptors (Lipinski definition) is 8. The Morgan fingerprint density at radius 1 is 1.28 bits per heavy atom. The van der Waals surface area contributed by atoms with Gasteiger partial charge in [0, 0.05) is 37.0 Å². The van der Waals surface area contributed by atoms with Gasteiger partial charge in [-0.2, -0.15) is 0 Å². The topological polar surface area (TPSA) is 129 Å². The standard InChI is InChI=1S/C23H23NO8/c1-2-3-17-18-12-30-11-15(18)8-14-9-21(25)31-19(14)10-20(22(17)26)32-23(27)13-4-6-16(7-5-13)24(28)29/h4-7,9,11-12,17,19-20,22,26H,2-3,8,10H2,1H3/t17-,19+,20+,22-/m0/s1. The molecule has 0 spiro atoms. The minimum atomic E-state index is -1.06. The molecule has 1 aliphatic heterocycles. The molecule has 9 heteroatoms. The maximum absolute atomic E-state index is 12.8. The summed E-state index contributed by atoms with van der Waals surface area (Å²) in [7, 11) is 0. The fourth-order valence-electron chi connectivity index (χ4n) is 4.35. The van der Waals surface area contributed by atoms with E-state index in [9.17, 15) is 24.8 Å². The Morgan fingerprint density at radius 2 is 2.03 bits per heavy atom. The quantitative estimate of drug-likeness (QED) is 0.424. The highest BCUT2D eigenvalue weighted by Gasteiger charge is 2.40. The zero-order chi connectivity index (χ0) is 22.8. The van der Waals surface area contributed by atoms with Crippen molar-refractivity contribution in [1.82, 2.24) is 0 Å². The molecule has 1 aliphatic carbocycles. The number of ether oxygens (including phenoxy) is 2. The third-order valence-corrected chi connectivity index (χ3v) is 5.96. The van der Waals surface area contributed by atoms with E-state index in [4.69, 9.17) is 13.9 Å². The Balaban J connectivity index is 1.65. The van der Waals surface area contributed by atoms with Gasteiger partial charge in [-0.3, -0.25) is 10.1 Å². The number of carbonyl (C=O) groups excluding carboxylic acids is 2. The van der Waals surface area contributed by atoms with Gasteiger partial charge in [0.05, 0.1) is 29.1 Å². The van der Waals surface area contributed by atoms with Crippen LogP contribution in [0.5, 0.6) is 0 Å². The van der Waals surface area contributed by atoms with Crippen LogP contribution >= 0.6 is 0 Å². The molecular weight excluding hydrogens is 418 g/mol. The van der Waals surface area contributed by atoms with Crippen LogP contribution in [0.4, 0.5) is 5.69 Å². The molecule has 0 radical (unpaired) electrons. The number of aliphatic hydroxyl groups excluding tert-OH is 1. The van der Waals surface area contributed by atoms with Crippen LogP contribution in [0.2, 0.25) is 0 Å². The normalized spacial score (nSPS) is 24.8. The van der Waals surface area contributed by atoms with E-state index in [2.05, 4.69) is 0 Å². The molecule has 0 bridgehead atoms. The van der Waals surface area contributed by atoms with Gasteiger partial charge in [-0.15, -0.1) is 0 Å². The fourth-order valence-corrected chi connectivity index (χ4v) is 4.35. The van der Waals surface area contributed by atoms with Gasteiger partial charge in [0.2, 0.25) is 0 Å². The van der Waals surface area contributed by atoms with Crippen LogP contribution in [-0.2, 0) is 20.7 Å². The zero-order valence-electron chi connectivity index (χ0n) is 17.4. The first-order valence-electron chi connectivity index (χ1n) is 10.5. The number of nitrogens with zero attached hydrogens (tertiary/aromatic N) is 1. The maximum Gasteiger partial charge on any atom is 0.338 e. The summed E-state index contributed by atoms with van der Waals surface area (Å²) < 4.78 is 16.5. The smallest absolute Gasteiger partial charge is 0.338 e. The highest BCUT2D eigenvalue weighted by atomic mass is 16.6. The Morgan fingerprint density at radius 3 is 2.72 bits per heavy atom. The second-order valence-electron chi connectivity index (χ2n) is 8.04. The largest absolute Gasteiger partial charge is 0.472 e. The Hall–Kier alpha value is -3.46. The lowest BCUT2D eigenvalue weighted by Crippen LogP contribution is -2.38. The van der Waals surface area contributed by atoms with E-state index in [1.807, 2.05) is 6.92 Å². The number of nitro benzene ring substituents is 1. The van der Waals surface area contributed by atoms with E-state index >= 15 is 0 Å². The lowest BCUT2D eigenvalue weighted by molar-refractivity contribution is -0.384. The molecule has 1 N–H and O–H groups in total. The number of fused-ring (bicyclic) bond motifs is 2. The summed E-state index contributed by atoms with van der Waals surface area (Å²) in [6, 6.07) is 5.04. The molecule has 168 valence electrons. The second-order valence-corrected chi connectivity index (χ2v) is 8.04. The van der Waals surface area contributed by atoms with Crippen LogP contribution in [0.15, 0.2) is 52.9 Å². The number of nitro groups is 1. The molecule has 9 nitrogen and oxygen atoms in total. The summed E-state index contributed by atoms with van der Waals surface area (Å²) in [4.78, 5) is 35.0. The third-order valence-electron chi connectivity index (χ3n) is 5.96. The van der Waals surface area contributed by atoms with Crippen LogP contribution < -0.4 is 0 Å². The minimum Gasteiger partial charge on any atom is -0.472 e. The number of furan rings is 1. The van der Waals surface area contributed by atoms with E-state index in [0.29, 0.717) is 12.8 Å². The maximum atomic E-state index is 12.8. The summed E-state index contributed by atoms with van der Waals surface area (Å²) >= 11 is 0. The van der Waals surface area contributed by atoms with Crippen LogP contribution in [0, 0.1) is 10.1 Å². The molecule has 0 unspecified atom stereocenters. The molecule has 4 atom stereocenters. The van der Waals surface area contributed by atoms with E-state index in [-0.39, 0.29) is 23.6 Å². The van der Waals surface area contributed by atoms with Crippen molar-refractivity contribution in [3.05, 3.63) is 75.2 Å². The molecule has 2 heterocycles. The SMILES string of the molecule is CCC[C@H]1c2cocc2CC2=CC(=O)O[C@@H]2C[C@@H](OC(=O)c2ccc([N+](=O)[O-])cc2)[C@H]1O. The monoisotopic (exact) mass is 441 g/mol.